The molecular weight excluding hydrogens is 280 g/mol. The smallest absolute Gasteiger partial charge is 0.101 e. The van der Waals surface area contributed by atoms with Gasteiger partial charge in [0.1, 0.15) is 6.07 Å². The summed E-state index contributed by atoms with van der Waals surface area (Å²) < 4.78 is 0. The first-order chi connectivity index (χ1) is 9.90. The van der Waals surface area contributed by atoms with Gasteiger partial charge in [-0.2, -0.15) is 5.26 Å². The van der Waals surface area contributed by atoms with Gasteiger partial charge in [0, 0.05) is 11.6 Å². The molecule has 1 saturated carbocycles. The number of halogens is 1. The molecule has 1 fully saturated rings. The Hall–Kier alpha value is -1.20. The summed E-state index contributed by atoms with van der Waals surface area (Å²) in [6, 6.07) is 7.61. The van der Waals surface area contributed by atoms with Crippen molar-refractivity contribution in [1.29, 1.82) is 5.26 Å². The first-order valence-corrected chi connectivity index (χ1v) is 8.21. The Balaban J connectivity index is 1.88. The Kier molecular flexibility index (Phi) is 5.17. The SMILES string of the molecule is CC(C)(C)C1CCC(CNc2cc(Cl)ccc2C#N)CC1. The number of hydrogen-bond donors (Lipinski definition) is 1. The lowest BCUT2D eigenvalue weighted by atomic mass is 9.70. The molecule has 0 spiro atoms. The Morgan fingerprint density at radius 2 is 1.90 bits per heavy atom. The Bertz CT molecular complexity index is 517. The molecule has 1 aromatic carbocycles. The first-order valence-electron chi connectivity index (χ1n) is 7.83. The van der Waals surface area contributed by atoms with E-state index in [-0.39, 0.29) is 0 Å². The van der Waals surface area contributed by atoms with Crippen LogP contribution in [0.25, 0.3) is 0 Å². The van der Waals surface area contributed by atoms with Crippen molar-refractivity contribution >= 4 is 17.3 Å². The number of rotatable bonds is 3. The van der Waals surface area contributed by atoms with Crippen molar-refractivity contribution < 1.29 is 0 Å². The summed E-state index contributed by atoms with van der Waals surface area (Å²) in [6.45, 7) is 7.98. The standard InChI is InChI=1S/C18H25ClN2/c1-18(2,3)15-7-4-13(5-8-15)12-21-17-10-16(19)9-6-14(17)11-20/h6,9-10,13,15,21H,4-5,7-8,12H2,1-3H3. The zero-order chi connectivity index (χ0) is 15.5. The molecule has 21 heavy (non-hydrogen) atoms. The minimum Gasteiger partial charge on any atom is -0.384 e. The Labute approximate surface area is 133 Å². The van der Waals surface area contributed by atoms with Gasteiger partial charge in [0.15, 0.2) is 0 Å². The highest BCUT2D eigenvalue weighted by Crippen LogP contribution is 2.39. The molecule has 0 heterocycles. The van der Waals surface area contributed by atoms with E-state index >= 15 is 0 Å². The Morgan fingerprint density at radius 1 is 1.24 bits per heavy atom. The minimum absolute atomic E-state index is 0.430. The summed E-state index contributed by atoms with van der Waals surface area (Å²) >= 11 is 6.02. The normalized spacial score (nSPS) is 22.6. The average Bonchev–Trinajstić information content (AvgIpc) is 2.45. The molecule has 1 N–H and O–H groups in total. The number of nitrogens with zero attached hydrogens (tertiary/aromatic N) is 1. The lowest BCUT2D eigenvalue weighted by Gasteiger charge is -2.37. The molecule has 0 radical (unpaired) electrons. The van der Waals surface area contributed by atoms with E-state index in [1.807, 2.05) is 6.07 Å². The van der Waals surface area contributed by atoms with Gasteiger partial charge in [-0.05, 0) is 61.1 Å². The van der Waals surface area contributed by atoms with Gasteiger partial charge in [-0.15, -0.1) is 0 Å². The molecule has 2 rings (SSSR count). The van der Waals surface area contributed by atoms with E-state index in [2.05, 4.69) is 32.2 Å². The molecule has 0 atom stereocenters. The zero-order valence-electron chi connectivity index (χ0n) is 13.2. The fourth-order valence-electron chi connectivity index (χ4n) is 3.25. The summed E-state index contributed by atoms with van der Waals surface area (Å²) in [7, 11) is 0. The van der Waals surface area contributed by atoms with Crippen LogP contribution in [0, 0.1) is 28.6 Å². The van der Waals surface area contributed by atoms with Crippen molar-refractivity contribution in [2.24, 2.45) is 17.3 Å². The second-order valence-corrected chi connectivity index (χ2v) is 7.70. The van der Waals surface area contributed by atoms with Crippen molar-refractivity contribution in [3.63, 3.8) is 0 Å². The van der Waals surface area contributed by atoms with E-state index in [0.29, 0.717) is 21.9 Å². The minimum atomic E-state index is 0.430. The molecule has 0 unspecified atom stereocenters. The van der Waals surface area contributed by atoms with Gasteiger partial charge in [0.2, 0.25) is 0 Å². The fourth-order valence-corrected chi connectivity index (χ4v) is 3.42. The van der Waals surface area contributed by atoms with Crippen LogP contribution in [0.2, 0.25) is 5.02 Å². The molecule has 0 aromatic heterocycles. The van der Waals surface area contributed by atoms with E-state index in [9.17, 15) is 0 Å². The van der Waals surface area contributed by atoms with E-state index in [1.54, 1.807) is 12.1 Å². The van der Waals surface area contributed by atoms with Crippen LogP contribution in [0.1, 0.15) is 52.0 Å². The van der Waals surface area contributed by atoms with E-state index in [4.69, 9.17) is 16.9 Å². The van der Waals surface area contributed by atoms with Gasteiger partial charge in [-0.25, -0.2) is 0 Å². The van der Waals surface area contributed by atoms with Crippen LogP contribution in [0.15, 0.2) is 18.2 Å². The van der Waals surface area contributed by atoms with Crippen LogP contribution in [0.3, 0.4) is 0 Å². The van der Waals surface area contributed by atoms with Gasteiger partial charge >= 0.3 is 0 Å². The van der Waals surface area contributed by atoms with Crippen molar-refractivity contribution in [3.8, 4) is 6.07 Å². The molecule has 1 aliphatic rings. The number of hydrogen-bond acceptors (Lipinski definition) is 2. The molecule has 0 bridgehead atoms. The highest BCUT2D eigenvalue weighted by molar-refractivity contribution is 6.30. The molecule has 2 nitrogen and oxygen atoms in total. The van der Waals surface area contributed by atoms with Crippen LogP contribution in [-0.4, -0.2) is 6.54 Å². The topological polar surface area (TPSA) is 35.8 Å². The van der Waals surface area contributed by atoms with Gasteiger partial charge in [0.25, 0.3) is 0 Å². The fraction of sp³-hybridized carbons (Fsp3) is 0.611. The molecule has 0 aliphatic heterocycles. The summed E-state index contributed by atoms with van der Waals surface area (Å²) in [5.74, 6) is 1.55. The average molecular weight is 305 g/mol. The lowest BCUT2D eigenvalue weighted by Crippen LogP contribution is -2.28. The maximum absolute atomic E-state index is 9.14. The third-order valence-electron chi connectivity index (χ3n) is 4.75. The number of anilines is 1. The highest BCUT2D eigenvalue weighted by Gasteiger charge is 2.29. The van der Waals surface area contributed by atoms with Crippen LogP contribution >= 0.6 is 11.6 Å². The van der Waals surface area contributed by atoms with Crippen molar-refractivity contribution in [3.05, 3.63) is 28.8 Å². The predicted molar refractivity (Wildman–Crippen MR) is 89.6 cm³/mol. The predicted octanol–water partition coefficient (Wildman–Crippen LogP) is 5.48. The third kappa shape index (κ3) is 4.38. The quantitative estimate of drug-likeness (QED) is 0.803. The van der Waals surface area contributed by atoms with Gasteiger partial charge in [0.05, 0.1) is 11.3 Å². The van der Waals surface area contributed by atoms with Crippen LogP contribution in [0.4, 0.5) is 5.69 Å². The highest BCUT2D eigenvalue weighted by atomic mass is 35.5. The summed E-state index contributed by atoms with van der Waals surface area (Å²) in [4.78, 5) is 0. The molecule has 0 saturated heterocycles. The maximum atomic E-state index is 9.14. The van der Waals surface area contributed by atoms with E-state index < -0.39 is 0 Å². The zero-order valence-corrected chi connectivity index (χ0v) is 14.0. The lowest BCUT2D eigenvalue weighted by molar-refractivity contribution is 0.153. The van der Waals surface area contributed by atoms with Gasteiger partial charge in [-0.1, -0.05) is 32.4 Å². The van der Waals surface area contributed by atoms with Crippen molar-refractivity contribution in [1.82, 2.24) is 0 Å². The second-order valence-electron chi connectivity index (χ2n) is 7.27. The molecule has 114 valence electrons. The Morgan fingerprint density at radius 3 is 2.48 bits per heavy atom. The van der Waals surface area contributed by atoms with Crippen LogP contribution < -0.4 is 5.32 Å². The van der Waals surface area contributed by atoms with Crippen molar-refractivity contribution in [2.45, 2.75) is 46.5 Å². The monoisotopic (exact) mass is 304 g/mol. The van der Waals surface area contributed by atoms with Crippen molar-refractivity contribution in [2.75, 3.05) is 11.9 Å². The van der Waals surface area contributed by atoms with Gasteiger partial charge < -0.3 is 5.32 Å². The summed E-state index contributed by atoms with van der Waals surface area (Å²) in [5, 5.41) is 13.2. The van der Waals surface area contributed by atoms with E-state index in [0.717, 1.165) is 18.2 Å². The molecule has 3 heteroatoms. The first kappa shape index (κ1) is 16.2. The van der Waals surface area contributed by atoms with E-state index in [1.165, 1.54) is 25.7 Å². The molecule has 1 aliphatic carbocycles. The number of nitriles is 1. The van der Waals surface area contributed by atoms with Crippen LogP contribution in [-0.2, 0) is 0 Å². The third-order valence-corrected chi connectivity index (χ3v) is 4.99. The molecule has 1 aromatic rings. The number of nitrogens with one attached hydrogen (secondary N) is 1. The second kappa shape index (κ2) is 6.71. The summed E-state index contributed by atoms with van der Waals surface area (Å²) in [6.07, 6.45) is 5.18. The maximum Gasteiger partial charge on any atom is 0.101 e. The van der Waals surface area contributed by atoms with Gasteiger partial charge in [-0.3, -0.25) is 0 Å². The number of benzene rings is 1. The molecule has 0 amide bonds. The largest absolute Gasteiger partial charge is 0.384 e. The molecular formula is C18H25ClN2. The summed E-state index contributed by atoms with van der Waals surface area (Å²) in [5.41, 5.74) is 1.96. The van der Waals surface area contributed by atoms with Crippen LogP contribution in [0.5, 0.6) is 0 Å².